The number of benzene rings is 2. The number of hydrogen-bond acceptors (Lipinski definition) is 1. The average molecular weight is 455 g/mol. The smallest absolute Gasteiger partial charge is 0.107 e. The Morgan fingerprint density at radius 3 is 2.17 bits per heavy atom. The summed E-state index contributed by atoms with van der Waals surface area (Å²) in [5.41, 5.74) is 1.45. The van der Waals surface area contributed by atoms with E-state index in [9.17, 15) is 5.11 Å². The van der Waals surface area contributed by atoms with E-state index >= 15 is 0 Å². The van der Waals surface area contributed by atoms with Crippen molar-refractivity contribution in [2.45, 2.75) is 6.10 Å². The molecule has 2 aromatic rings. The summed E-state index contributed by atoms with van der Waals surface area (Å²) < 4.78 is 2.64. The SMILES string of the molecule is OC(c1ccc(Br)cc1Cl)c1cc(Br)ccc1Br. The second kappa shape index (κ2) is 6.06. The van der Waals surface area contributed by atoms with Gasteiger partial charge >= 0.3 is 0 Å². The molecule has 0 aliphatic heterocycles. The van der Waals surface area contributed by atoms with E-state index in [2.05, 4.69) is 47.8 Å². The van der Waals surface area contributed by atoms with Crippen molar-refractivity contribution in [2.24, 2.45) is 0 Å². The van der Waals surface area contributed by atoms with E-state index in [-0.39, 0.29) is 0 Å². The predicted molar refractivity (Wildman–Crippen MR) is 85.1 cm³/mol. The minimum Gasteiger partial charge on any atom is -0.384 e. The van der Waals surface area contributed by atoms with Gasteiger partial charge in [-0.3, -0.25) is 0 Å². The first-order valence-electron chi connectivity index (χ1n) is 5.07. The van der Waals surface area contributed by atoms with Crippen molar-refractivity contribution in [1.29, 1.82) is 0 Å². The molecule has 1 atom stereocenters. The fraction of sp³-hybridized carbons (Fsp3) is 0.0769. The number of rotatable bonds is 2. The lowest BCUT2D eigenvalue weighted by Gasteiger charge is -2.15. The Kier molecular flexibility index (Phi) is 4.89. The summed E-state index contributed by atoms with van der Waals surface area (Å²) in [6.45, 7) is 0. The molecule has 0 aliphatic rings. The molecule has 0 saturated carbocycles. The molecule has 0 aliphatic carbocycles. The highest BCUT2D eigenvalue weighted by Gasteiger charge is 2.17. The van der Waals surface area contributed by atoms with E-state index in [4.69, 9.17) is 11.6 Å². The van der Waals surface area contributed by atoms with Gasteiger partial charge in [0.2, 0.25) is 0 Å². The third kappa shape index (κ3) is 3.17. The van der Waals surface area contributed by atoms with E-state index in [0.717, 1.165) is 19.0 Å². The Morgan fingerprint density at radius 1 is 0.889 bits per heavy atom. The van der Waals surface area contributed by atoms with Gasteiger partial charge in [-0.15, -0.1) is 0 Å². The van der Waals surface area contributed by atoms with Crippen LogP contribution < -0.4 is 0 Å². The Balaban J connectivity index is 2.47. The molecule has 1 unspecified atom stereocenters. The molecule has 2 rings (SSSR count). The molecular weight excluding hydrogens is 447 g/mol. The maximum Gasteiger partial charge on any atom is 0.107 e. The van der Waals surface area contributed by atoms with Crippen molar-refractivity contribution in [3.05, 3.63) is 66.0 Å². The summed E-state index contributed by atoms with van der Waals surface area (Å²) in [5.74, 6) is 0. The lowest BCUT2D eigenvalue weighted by atomic mass is 10.0. The lowest BCUT2D eigenvalue weighted by molar-refractivity contribution is 0.219. The van der Waals surface area contributed by atoms with Crippen molar-refractivity contribution < 1.29 is 5.11 Å². The van der Waals surface area contributed by atoms with Crippen LogP contribution in [0.1, 0.15) is 17.2 Å². The molecule has 0 amide bonds. The molecule has 0 aromatic heterocycles. The molecule has 5 heteroatoms. The first-order chi connectivity index (χ1) is 8.49. The Labute approximate surface area is 136 Å². The zero-order valence-corrected chi connectivity index (χ0v) is 14.5. The Morgan fingerprint density at radius 2 is 1.50 bits per heavy atom. The molecule has 2 aromatic carbocycles. The van der Waals surface area contributed by atoms with Gasteiger partial charge < -0.3 is 5.11 Å². The molecule has 0 saturated heterocycles. The summed E-state index contributed by atoms with van der Waals surface area (Å²) in [6, 6.07) is 11.1. The second-order valence-electron chi connectivity index (χ2n) is 3.73. The monoisotopic (exact) mass is 452 g/mol. The molecule has 0 heterocycles. The van der Waals surface area contributed by atoms with Crippen LogP contribution in [-0.4, -0.2) is 5.11 Å². The van der Waals surface area contributed by atoms with E-state index in [1.165, 1.54) is 0 Å². The largest absolute Gasteiger partial charge is 0.384 e. The first kappa shape index (κ1) is 14.5. The van der Waals surface area contributed by atoms with Crippen LogP contribution >= 0.6 is 59.4 Å². The van der Waals surface area contributed by atoms with E-state index in [1.807, 2.05) is 30.3 Å². The molecule has 0 spiro atoms. The van der Waals surface area contributed by atoms with Crippen molar-refractivity contribution in [3.63, 3.8) is 0 Å². The first-order valence-corrected chi connectivity index (χ1v) is 7.82. The van der Waals surface area contributed by atoms with Crippen molar-refractivity contribution in [1.82, 2.24) is 0 Å². The Hall–Kier alpha value is 0.130. The van der Waals surface area contributed by atoms with Gasteiger partial charge in [-0.1, -0.05) is 65.5 Å². The number of hydrogen-bond donors (Lipinski definition) is 1. The number of aliphatic hydroxyl groups is 1. The summed E-state index contributed by atoms with van der Waals surface area (Å²) in [5, 5.41) is 10.9. The summed E-state index contributed by atoms with van der Waals surface area (Å²) in [7, 11) is 0. The highest BCUT2D eigenvalue weighted by atomic mass is 79.9. The van der Waals surface area contributed by atoms with E-state index in [0.29, 0.717) is 10.6 Å². The van der Waals surface area contributed by atoms with Crippen molar-refractivity contribution in [3.8, 4) is 0 Å². The lowest BCUT2D eigenvalue weighted by Crippen LogP contribution is -2.01. The van der Waals surface area contributed by atoms with E-state index in [1.54, 1.807) is 6.07 Å². The molecule has 18 heavy (non-hydrogen) atoms. The van der Waals surface area contributed by atoms with Crippen LogP contribution in [-0.2, 0) is 0 Å². The molecular formula is C13H8Br3ClO. The van der Waals surface area contributed by atoms with Crippen LogP contribution in [0.4, 0.5) is 0 Å². The molecule has 1 nitrogen and oxygen atoms in total. The normalized spacial score (nSPS) is 12.5. The second-order valence-corrected chi connectivity index (χ2v) is 6.83. The van der Waals surface area contributed by atoms with E-state index < -0.39 is 6.10 Å². The van der Waals surface area contributed by atoms with Gasteiger partial charge in [0.25, 0.3) is 0 Å². The van der Waals surface area contributed by atoms with Crippen LogP contribution in [0.25, 0.3) is 0 Å². The Bertz CT molecular complexity index is 586. The third-order valence-electron chi connectivity index (χ3n) is 2.51. The fourth-order valence-corrected chi connectivity index (χ4v) is 3.23. The average Bonchev–Trinajstić information content (AvgIpc) is 2.31. The number of aliphatic hydroxyl groups excluding tert-OH is 1. The van der Waals surface area contributed by atoms with Crippen LogP contribution in [0.5, 0.6) is 0 Å². The van der Waals surface area contributed by atoms with Crippen molar-refractivity contribution in [2.75, 3.05) is 0 Å². The van der Waals surface area contributed by atoms with Gasteiger partial charge in [-0.2, -0.15) is 0 Å². The van der Waals surface area contributed by atoms with Gasteiger partial charge in [-0.25, -0.2) is 0 Å². The molecule has 0 radical (unpaired) electrons. The van der Waals surface area contributed by atoms with Crippen LogP contribution in [0, 0.1) is 0 Å². The molecule has 0 fully saturated rings. The number of halogens is 4. The van der Waals surface area contributed by atoms with Gasteiger partial charge in [0.05, 0.1) is 0 Å². The summed E-state index contributed by atoms with van der Waals surface area (Å²) in [6.07, 6.45) is -0.766. The maximum absolute atomic E-state index is 10.4. The minimum absolute atomic E-state index is 0.531. The van der Waals surface area contributed by atoms with Crippen LogP contribution in [0.15, 0.2) is 49.8 Å². The van der Waals surface area contributed by atoms with Gasteiger partial charge in [0.1, 0.15) is 6.10 Å². The zero-order chi connectivity index (χ0) is 13.3. The molecule has 94 valence electrons. The quantitative estimate of drug-likeness (QED) is 0.615. The van der Waals surface area contributed by atoms with Gasteiger partial charge in [0, 0.05) is 29.6 Å². The molecule has 0 bridgehead atoms. The summed E-state index contributed by atoms with van der Waals surface area (Å²) in [4.78, 5) is 0. The molecule has 1 N–H and O–H groups in total. The fourth-order valence-electron chi connectivity index (χ4n) is 1.61. The maximum atomic E-state index is 10.4. The van der Waals surface area contributed by atoms with Crippen molar-refractivity contribution >= 4 is 59.4 Å². The zero-order valence-electron chi connectivity index (χ0n) is 9.00. The summed E-state index contributed by atoms with van der Waals surface area (Å²) >= 11 is 16.3. The standard InChI is InChI=1S/C13H8Br3ClO/c14-7-2-4-11(16)10(5-7)13(18)9-3-1-8(15)6-12(9)17/h1-6,13,18H. The highest BCUT2D eigenvalue weighted by molar-refractivity contribution is 9.11. The van der Waals surface area contributed by atoms with Gasteiger partial charge in [0.15, 0.2) is 0 Å². The topological polar surface area (TPSA) is 20.2 Å². The van der Waals surface area contributed by atoms with Crippen LogP contribution in [0.2, 0.25) is 5.02 Å². The van der Waals surface area contributed by atoms with Crippen LogP contribution in [0.3, 0.4) is 0 Å². The third-order valence-corrected chi connectivity index (χ3v) is 4.55. The highest BCUT2D eigenvalue weighted by Crippen LogP contribution is 2.35. The minimum atomic E-state index is -0.766. The predicted octanol–water partition coefficient (Wildman–Crippen LogP) is 5.71. The van der Waals surface area contributed by atoms with Gasteiger partial charge in [-0.05, 0) is 30.3 Å².